The molecule has 1 saturated carbocycles. The summed E-state index contributed by atoms with van der Waals surface area (Å²) < 4.78 is 13.7. The van der Waals surface area contributed by atoms with E-state index in [2.05, 4.69) is 5.32 Å². The van der Waals surface area contributed by atoms with Gasteiger partial charge in [0, 0.05) is 5.92 Å². The normalized spacial score (nSPS) is 28.4. The molecule has 1 aromatic rings. The van der Waals surface area contributed by atoms with Crippen LogP contribution in [0.25, 0.3) is 0 Å². The van der Waals surface area contributed by atoms with Crippen LogP contribution in [0.4, 0.5) is 4.39 Å². The SMILES string of the molecule is NC[C@H]1CCC[C@H]1C(=O)NC1CCc2c(F)cccc21. The molecular formula is C16H21FN2O. The van der Waals surface area contributed by atoms with Crippen molar-refractivity contribution in [2.45, 2.75) is 38.1 Å². The fourth-order valence-electron chi connectivity index (χ4n) is 3.70. The standard InChI is InChI=1S/C16H21FN2O/c17-14-6-2-5-13-12(14)7-8-15(13)19-16(20)11-4-1-3-10(11)9-18/h2,5-6,10-11,15H,1,3-4,7-9,18H2,(H,19,20)/t10-,11-,15?/m1/s1. The molecule has 2 aliphatic carbocycles. The number of amides is 1. The molecule has 1 amide bonds. The van der Waals surface area contributed by atoms with Gasteiger partial charge < -0.3 is 11.1 Å². The molecule has 0 bridgehead atoms. The monoisotopic (exact) mass is 276 g/mol. The maximum Gasteiger partial charge on any atom is 0.223 e. The number of carbonyl (C=O) groups is 1. The summed E-state index contributed by atoms with van der Waals surface area (Å²) in [4.78, 5) is 12.4. The molecule has 0 radical (unpaired) electrons. The minimum atomic E-state index is -0.153. The summed E-state index contributed by atoms with van der Waals surface area (Å²) in [5.74, 6) is 0.293. The molecule has 0 aliphatic heterocycles. The van der Waals surface area contributed by atoms with Gasteiger partial charge in [0.1, 0.15) is 5.82 Å². The van der Waals surface area contributed by atoms with Crippen molar-refractivity contribution in [2.75, 3.05) is 6.54 Å². The maximum absolute atomic E-state index is 13.7. The Morgan fingerprint density at radius 2 is 2.20 bits per heavy atom. The van der Waals surface area contributed by atoms with E-state index in [1.54, 1.807) is 6.07 Å². The van der Waals surface area contributed by atoms with Crippen molar-refractivity contribution in [3.05, 3.63) is 35.1 Å². The molecule has 3 rings (SSSR count). The third kappa shape index (κ3) is 2.33. The van der Waals surface area contributed by atoms with Crippen LogP contribution in [0.15, 0.2) is 18.2 Å². The van der Waals surface area contributed by atoms with Crippen molar-refractivity contribution >= 4 is 5.91 Å². The quantitative estimate of drug-likeness (QED) is 0.890. The minimum absolute atomic E-state index is 0.0350. The van der Waals surface area contributed by atoms with Crippen LogP contribution in [-0.4, -0.2) is 12.5 Å². The minimum Gasteiger partial charge on any atom is -0.349 e. The third-order valence-corrected chi connectivity index (χ3v) is 4.83. The highest BCUT2D eigenvalue weighted by atomic mass is 19.1. The highest BCUT2D eigenvalue weighted by molar-refractivity contribution is 5.80. The van der Waals surface area contributed by atoms with Crippen LogP contribution in [0, 0.1) is 17.7 Å². The third-order valence-electron chi connectivity index (χ3n) is 4.83. The van der Waals surface area contributed by atoms with Crippen LogP contribution in [0.3, 0.4) is 0 Å². The Kier molecular flexibility index (Phi) is 3.74. The number of fused-ring (bicyclic) bond motifs is 1. The van der Waals surface area contributed by atoms with Gasteiger partial charge in [-0.25, -0.2) is 4.39 Å². The molecule has 0 saturated heterocycles. The summed E-state index contributed by atoms with van der Waals surface area (Å²) in [6.07, 6.45) is 4.55. The molecule has 1 unspecified atom stereocenters. The molecular weight excluding hydrogens is 255 g/mol. The van der Waals surface area contributed by atoms with Crippen molar-refractivity contribution in [1.82, 2.24) is 5.32 Å². The van der Waals surface area contributed by atoms with E-state index in [4.69, 9.17) is 5.73 Å². The second kappa shape index (κ2) is 5.52. The zero-order valence-corrected chi connectivity index (χ0v) is 11.6. The summed E-state index contributed by atoms with van der Waals surface area (Å²) in [6.45, 7) is 0.577. The number of rotatable bonds is 3. The molecule has 3 atom stereocenters. The Morgan fingerprint density at radius 3 is 3.00 bits per heavy atom. The fraction of sp³-hybridized carbons (Fsp3) is 0.562. The van der Waals surface area contributed by atoms with Crippen LogP contribution >= 0.6 is 0 Å². The first-order chi connectivity index (χ1) is 9.70. The lowest BCUT2D eigenvalue weighted by Crippen LogP contribution is -2.36. The fourth-order valence-corrected chi connectivity index (χ4v) is 3.70. The van der Waals surface area contributed by atoms with Crippen LogP contribution in [0.1, 0.15) is 42.9 Å². The molecule has 20 heavy (non-hydrogen) atoms. The van der Waals surface area contributed by atoms with Gasteiger partial charge >= 0.3 is 0 Å². The average molecular weight is 276 g/mol. The lowest BCUT2D eigenvalue weighted by Gasteiger charge is -2.21. The maximum atomic E-state index is 13.7. The number of benzene rings is 1. The lowest BCUT2D eigenvalue weighted by molar-refractivity contribution is -0.126. The zero-order valence-electron chi connectivity index (χ0n) is 11.6. The van der Waals surface area contributed by atoms with Crippen molar-refractivity contribution < 1.29 is 9.18 Å². The van der Waals surface area contributed by atoms with Gasteiger partial charge in [0.2, 0.25) is 5.91 Å². The number of hydrogen-bond donors (Lipinski definition) is 2. The molecule has 3 N–H and O–H groups in total. The number of nitrogens with two attached hydrogens (primary N) is 1. The van der Waals surface area contributed by atoms with Crippen LogP contribution in [0.2, 0.25) is 0 Å². The van der Waals surface area contributed by atoms with E-state index in [9.17, 15) is 9.18 Å². The van der Waals surface area contributed by atoms with E-state index < -0.39 is 0 Å². The van der Waals surface area contributed by atoms with E-state index in [1.807, 2.05) is 6.07 Å². The zero-order chi connectivity index (χ0) is 14.1. The van der Waals surface area contributed by atoms with E-state index in [0.29, 0.717) is 18.9 Å². The Bertz CT molecular complexity index is 517. The Labute approximate surface area is 118 Å². The van der Waals surface area contributed by atoms with Gasteiger partial charge in [-0.15, -0.1) is 0 Å². The Morgan fingerprint density at radius 1 is 1.35 bits per heavy atom. The van der Waals surface area contributed by atoms with Crippen LogP contribution in [0.5, 0.6) is 0 Å². The Balaban J connectivity index is 1.71. The summed E-state index contributed by atoms with van der Waals surface area (Å²) >= 11 is 0. The molecule has 3 nitrogen and oxygen atoms in total. The van der Waals surface area contributed by atoms with Gasteiger partial charge in [-0.2, -0.15) is 0 Å². The molecule has 108 valence electrons. The number of hydrogen-bond acceptors (Lipinski definition) is 2. The second-order valence-electron chi connectivity index (χ2n) is 5.94. The molecule has 2 aliphatic rings. The van der Waals surface area contributed by atoms with Crippen molar-refractivity contribution in [3.63, 3.8) is 0 Å². The summed E-state index contributed by atoms with van der Waals surface area (Å²) in [6, 6.07) is 5.10. The van der Waals surface area contributed by atoms with Crippen molar-refractivity contribution in [2.24, 2.45) is 17.6 Å². The first-order valence-corrected chi connectivity index (χ1v) is 7.48. The Hall–Kier alpha value is -1.42. The average Bonchev–Trinajstić information content (AvgIpc) is 3.06. The predicted octanol–water partition coefficient (Wildman–Crippen LogP) is 2.30. The largest absolute Gasteiger partial charge is 0.349 e. The van der Waals surface area contributed by atoms with Crippen LogP contribution < -0.4 is 11.1 Å². The molecule has 0 spiro atoms. The van der Waals surface area contributed by atoms with E-state index in [0.717, 1.165) is 36.8 Å². The highest BCUT2D eigenvalue weighted by Crippen LogP contribution is 2.35. The van der Waals surface area contributed by atoms with E-state index >= 15 is 0 Å². The second-order valence-corrected chi connectivity index (χ2v) is 5.94. The van der Waals surface area contributed by atoms with E-state index in [-0.39, 0.29) is 23.7 Å². The van der Waals surface area contributed by atoms with Gasteiger partial charge in [-0.1, -0.05) is 18.6 Å². The van der Waals surface area contributed by atoms with Gasteiger partial charge in [0.05, 0.1) is 6.04 Å². The molecule has 1 fully saturated rings. The molecule has 4 heteroatoms. The van der Waals surface area contributed by atoms with Gasteiger partial charge in [0.15, 0.2) is 0 Å². The number of halogens is 1. The summed E-state index contributed by atoms with van der Waals surface area (Å²) in [5, 5.41) is 3.11. The first-order valence-electron chi connectivity index (χ1n) is 7.48. The van der Waals surface area contributed by atoms with Gasteiger partial charge in [-0.3, -0.25) is 4.79 Å². The molecule has 1 aromatic carbocycles. The number of nitrogens with one attached hydrogen (secondary N) is 1. The van der Waals surface area contributed by atoms with Gasteiger partial charge in [0.25, 0.3) is 0 Å². The van der Waals surface area contributed by atoms with Crippen molar-refractivity contribution in [3.8, 4) is 0 Å². The van der Waals surface area contributed by atoms with Crippen LogP contribution in [-0.2, 0) is 11.2 Å². The topological polar surface area (TPSA) is 55.1 Å². The molecule has 0 aromatic heterocycles. The summed E-state index contributed by atoms with van der Waals surface area (Å²) in [7, 11) is 0. The van der Waals surface area contributed by atoms with Crippen molar-refractivity contribution in [1.29, 1.82) is 0 Å². The van der Waals surface area contributed by atoms with Gasteiger partial charge in [-0.05, 0) is 55.3 Å². The predicted molar refractivity (Wildman–Crippen MR) is 75.5 cm³/mol. The lowest BCUT2D eigenvalue weighted by atomic mass is 9.94. The highest BCUT2D eigenvalue weighted by Gasteiger charge is 2.34. The molecule has 0 heterocycles. The number of carbonyl (C=O) groups excluding carboxylic acids is 1. The van der Waals surface area contributed by atoms with E-state index in [1.165, 1.54) is 6.07 Å². The summed E-state index contributed by atoms with van der Waals surface area (Å²) in [5.41, 5.74) is 7.45. The first kappa shape index (κ1) is 13.6. The smallest absolute Gasteiger partial charge is 0.223 e.